The minimum atomic E-state index is -1.00. The molecule has 1 fully saturated rings. The Morgan fingerprint density at radius 1 is 1.29 bits per heavy atom. The van der Waals surface area contributed by atoms with Crippen molar-refractivity contribution in [2.24, 2.45) is 5.92 Å². The lowest BCUT2D eigenvalue weighted by atomic mass is 9.99. The highest BCUT2D eigenvalue weighted by Crippen LogP contribution is 2.28. The lowest BCUT2D eigenvalue weighted by Gasteiger charge is -2.23. The van der Waals surface area contributed by atoms with E-state index in [9.17, 15) is 8.78 Å². The van der Waals surface area contributed by atoms with Crippen LogP contribution in [0.25, 0.3) is 0 Å². The Balaban J connectivity index is 2.00. The number of piperidine rings is 1. The van der Waals surface area contributed by atoms with Crippen molar-refractivity contribution in [2.45, 2.75) is 12.8 Å². The van der Waals surface area contributed by atoms with Crippen LogP contribution in [0.3, 0.4) is 0 Å². The van der Waals surface area contributed by atoms with Crippen LogP contribution < -0.4 is 15.8 Å². The molecule has 0 radical (unpaired) electrons. The Kier molecular flexibility index (Phi) is 3.78. The second-order valence-corrected chi connectivity index (χ2v) is 4.28. The van der Waals surface area contributed by atoms with Gasteiger partial charge in [0, 0.05) is 0 Å². The second kappa shape index (κ2) is 5.31. The third-order valence-corrected chi connectivity index (χ3v) is 3.00. The van der Waals surface area contributed by atoms with Gasteiger partial charge in [0.1, 0.15) is 0 Å². The molecular formula is C12H16F2N2O. The fraction of sp³-hybridized carbons (Fsp3) is 0.500. The van der Waals surface area contributed by atoms with E-state index in [1.54, 1.807) is 0 Å². The van der Waals surface area contributed by atoms with Crippen LogP contribution in [0.5, 0.6) is 5.75 Å². The van der Waals surface area contributed by atoms with Crippen LogP contribution in [0, 0.1) is 17.6 Å². The van der Waals surface area contributed by atoms with Crippen molar-refractivity contribution in [3.8, 4) is 5.75 Å². The summed E-state index contributed by atoms with van der Waals surface area (Å²) >= 11 is 0. The van der Waals surface area contributed by atoms with Gasteiger partial charge in [-0.1, -0.05) is 0 Å². The van der Waals surface area contributed by atoms with Crippen LogP contribution in [0.1, 0.15) is 12.8 Å². The number of benzene rings is 1. The summed E-state index contributed by atoms with van der Waals surface area (Å²) in [4.78, 5) is 0. The van der Waals surface area contributed by atoms with Gasteiger partial charge in [0.2, 0.25) is 5.82 Å². The third kappa shape index (κ3) is 2.85. The number of halogens is 2. The van der Waals surface area contributed by atoms with E-state index in [4.69, 9.17) is 10.5 Å². The highest BCUT2D eigenvalue weighted by Gasteiger charge is 2.17. The maximum Gasteiger partial charge on any atom is 0.202 e. The molecule has 94 valence electrons. The number of anilines is 1. The van der Waals surface area contributed by atoms with Gasteiger partial charge >= 0.3 is 0 Å². The second-order valence-electron chi connectivity index (χ2n) is 4.28. The summed E-state index contributed by atoms with van der Waals surface area (Å²) in [6.45, 7) is 2.26. The molecule has 0 spiro atoms. The van der Waals surface area contributed by atoms with E-state index < -0.39 is 11.6 Å². The van der Waals surface area contributed by atoms with Crippen molar-refractivity contribution in [1.82, 2.24) is 5.32 Å². The molecule has 0 aromatic heterocycles. The molecule has 3 nitrogen and oxygen atoms in total. The minimum Gasteiger partial charge on any atom is -0.488 e. The summed E-state index contributed by atoms with van der Waals surface area (Å²) in [5.41, 5.74) is 5.70. The van der Waals surface area contributed by atoms with Crippen LogP contribution >= 0.6 is 0 Å². The van der Waals surface area contributed by atoms with Crippen LogP contribution in [-0.4, -0.2) is 19.7 Å². The molecule has 2 rings (SSSR count). The Morgan fingerprint density at radius 2 is 2.00 bits per heavy atom. The largest absolute Gasteiger partial charge is 0.488 e. The Labute approximate surface area is 98.9 Å². The summed E-state index contributed by atoms with van der Waals surface area (Å²) in [6, 6.07) is 2.32. The van der Waals surface area contributed by atoms with Gasteiger partial charge in [-0.05, 0) is 44.0 Å². The number of ether oxygens (including phenoxy) is 1. The Morgan fingerprint density at radius 3 is 2.71 bits per heavy atom. The van der Waals surface area contributed by atoms with Crippen LogP contribution in [-0.2, 0) is 0 Å². The standard InChI is InChI=1S/C12H16F2N2O/c13-9-1-2-10(15)12(11(9)14)17-7-8-3-5-16-6-4-8/h1-2,8,16H,3-7,15H2. The van der Waals surface area contributed by atoms with E-state index in [1.807, 2.05) is 0 Å². The third-order valence-electron chi connectivity index (χ3n) is 3.00. The van der Waals surface area contributed by atoms with Crippen molar-refractivity contribution < 1.29 is 13.5 Å². The highest BCUT2D eigenvalue weighted by atomic mass is 19.2. The molecule has 0 saturated carbocycles. The number of nitrogen functional groups attached to an aromatic ring is 1. The van der Waals surface area contributed by atoms with Gasteiger partial charge in [-0.3, -0.25) is 0 Å². The van der Waals surface area contributed by atoms with E-state index in [-0.39, 0.29) is 11.4 Å². The smallest absolute Gasteiger partial charge is 0.202 e. The molecule has 1 aromatic rings. The van der Waals surface area contributed by atoms with E-state index in [2.05, 4.69) is 5.32 Å². The predicted octanol–water partition coefficient (Wildman–Crippen LogP) is 1.93. The summed E-state index contributed by atoms with van der Waals surface area (Å²) in [7, 11) is 0. The van der Waals surface area contributed by atoms with Crippen molar-refractivity contribution in [2.75, 3.05) is 25.4 Å². The lowest BCUT2D eigenvalue weighted by molar-refractivity contribution is 0.207. The first-order valence-electron chi connectivity index (χ1n) is 5.75. The highest BCUT2D eigenvalue weighted by molar-refractivity contribution is 5.53. The van der Waals surface area contributed by atoms with Gasteiger partial charge in [-0.2, -0.15) is 4.39 Å². The average molecular weight is 242 g/mol. The molecule has 0 unspecified atom stereocenters. The molecule has 1 aliphatic rings. The van der Waals surface area contributed by atoms with E-state index >= 15 is 0 Å². The molecule has 1 saturated heterocycles. The van der Waals surface area contributed by atoms with Crippen LogP contribution in [0.4, 0.5) is 14.5 Å². The number of hydrogen-bond donors (Lipinski definition) is 2. The monoisotopic (exact) mass is 242 g/mol. The molecule has 5 heteroatoms. The van der Waals surface area contributed by atoms with Crippen molar-refractivity contribution >= 4 is 5.69 Å². The normalized spacial score (nSPS) is 17.1. The minimum absolute atomic E-state index is 0.137. The fourth-order valence-electron chi connectivity index (χ4n) is 1.94. The molecule has 1 aromatic carbocycles. The first-order valence-corrected chi connectivity index (χ1v) is 5.75. The Bertz CT molecular complexity index is 392. The number of nitrogens with one attached hydrogen (secondary N) is 1. The van der Waals surface area contributed by atoms with Crippen molar-refractivity contribution in [1.29, 1.82) is 0 Å². The van der Waals surface area contributed by atoms with Gasteiger partial charge in [0.05, 0.1) is 12.3 Å². The fourth-order valence-corrected chi connectivity index (χ4v) is 1.94. The van der Waals surface area contributed by atoms with Crippen LogP contribution in [0.15, 0.2) is 12.1 Å². The quantitative estimate of drug-likeness (QED) is 0.796. The topological polar surface area (TPSA) is 47.3 Å². The maximum atomic E-state index is 13.4. The molecule has 1 aliphatic heterocycles. The number of nitrogens with two attached hydrogens (primary N) is 1. The lowest BCUT2D eigenvalue weighted by Crippen LogP contribution is -2.30. The zero-order valence-electron chi connectivity index (χ0n) is 9.51. The molecule has 0 bridgehead atoms. The zero-order chi connectivity index (χ0) is 12.3. The zero-order valence-corrected chi connectivity index (χ0v) is 9.51. The predicted molar refractivity (Wildman–Crippen MR) is 61.9 cm³/mol. The molecule has 0 amide bonds. The summed E-state index contributed by atoms with van der Waals surface area (Å²) < 4.78 is 31.7. The summed E-state index contributed by atoms with van der Waals surface area (Å²) in [5.74, 6) is -1.72. The van der Waals surface area contributed by atoms with E-state index in [0.29, 0.717) is 12.5 Å². The van der Waals surface area contributed by atoms with Gasteiger partial charge in [-0.15, -0.1) is 0 Å². The first-order chi connectivity index (χ1) is 8.18. The van der Waals surface area contributed by atoms with E-state index in [0.717, 1.165) is 32.0 Å². The average Bonchev–Trinajstić information content (AvgIpc) is 2.35. The summed E-state index contributed by atoms with van der Waals surface area (Å²) in [6.07, 6.45) is 1.97. The SMILES string of the molecule is Nc1ccc(F)c(F)c1OCC1CCNCC1. The summed E-state index contributed by atoms with van der Waals surface area (Å²) in [5, 5.41) is 3.23. The molecule has 1 heterocycles. The molecule has 17 heavy (non-hydrogen) atoms. The molecule has 3 N–H and O–H groups in total. The van der Waals surface area contributed by atoms with Crippen LogP contribution in [0.2, 0.25) is 0 Å². The molecular weight excluding hydrogens is 226 g/mol. The van der Waals surface area contributed by atoms with Gasteiger partial charge in [0.25, 0.3) is 0 Å². The molecule has 0 atom stereocenters. The van der Waals surface area contributed by atoms with E-state index in [1.165, 1.54) is 6.07 Å². The Hall–Kier alpha value is -1.36. The van der Waals surface area contributed by atoms with Crippen molar-refractivity contribution in [3.63, 3.8) is 0 Å². The van der Waals surface area contributed by atoms with Gasteiger partial charge < -0.3 is 15.8 Å². The number of hydrogen-bond acceptors (Lipinski definition) is 3. The first kappa shape index (κ1) is 12.1. The van der Waals surface area contributed by atoms with Gasteiger partial charge in [-0.25, -0.2) is 4.39 Å². The van der Waals surface area contributed by atoms with Gasteiger partial charge in [0.15, 0.2) is 11.6 Å². The number of rotatable bonds is 3. The maximum absolute atomic E-state index is 13.4. The van der Waals surface area contributed by atoms with Crippen molar-refractivity contribution in [3.05, 3.63) is 23.8 Å². The molecule has 0 aliphatic carbocycles.